The lowest BCUT2D eigenvalue weighted by Gasteiger charge is -2.21. The molecule has 2 aliphatic rings. The molecule has 2 nitrogen and oxygen atoms in total. The molecule has 0 saturated carbocycles. The van der Waals surface area contributed by atoms with E-state index in [9.17, 15) is 0 Å². The zero-order valence-electron chi connectivity index (χ0n) is 6.21. The molecule has 3 atom stereocenters. The van der Waals surface area contributed by atoms with Crippen LogP contribution in [-0.2, 0) is 0 Å². The van der Waals surface area contributed by atoms with E-state index in [2.05, 4.69) is 5.32 Å². The number of rotatable bonds is 1. The summed E-state index contributed by atoms with van der Waals surface area (Å²) in [5.41, 5.74) is 0. The van der Waals surface area contributed by atoms with Gasteiger partial charge in [-0.1, -0.05) is 6.42 Å². The summed E-state index contributed by atoms with van der Waals surface area (Å²) in [6.07, 6.45) is 5.18. The Morgan fingerprint density at radius 2 is 2.30 bits per heavy atom. The zero-order valence-corrected chi connectivity index (χ0v) is 6.21. The second kappa shape index (κ2) is 2.51. The SMILES string of the molecule is OC[C@@H]1C[C@H]2CCC[C@@H]1N2. The molecule has 0 aromatic carbocycles. The molecule has 0 radical (unpaired) electrons. The van der Waals surface area contributed by atoms with Crippen LogP contribution in [0.2, 0.25) is 0 Å². The summed E-state index contributed by atoms with van der Waals surface area (Å²) in [5.74, 6) is 0.562. The van der Waals surface area contributed by atoms with Gasteiger partial charge in [-0.15, -0.1) is 0 Å². The van der Waals surface area contributed by atoms with Crippen LogP contribution in [0.25, 0.3) is 0 Å². The molecule has 2 fully saturated rings. The third-order valence-electron chi connectivity index (χ3n) is 2.91. The summed E-state index contributed by atoms with van der Waals surface area (Å²) in [6, 6.07) is 1.37. The highest BCUT2D eigenvalue weighted by Gasteiger charge is 2.35. The molecule has 0 unspecified atom stereocenters. The molecular formula is C8H15NO. The second-order valence-electron chi connectivity index (χ2n) is 3.58. The molecule has 2 rings (SSSR count). The van der Waals surface area contributed by atoms with E-state index in [1.54, 1.807) is 0 Å². The molecule has 0 aliphatic carbocycles. The van der Waals surface area contributed by atoms with Crippen LogP contribution >= 0.6 is 0 Å². The summed E-state index contributed by atoms with van der Waals surface area (Å²) in [5, 5.41) is 12.5. The summed E-state index contributed by atoms with van der Waals surface area (Å²) in [7, 11) is 0. The fourth-order valence-electron chi connectivity index (χ4n) is 2.34. The minimum atomic E-state index is 0.383. The van der Waals surface area contributed by atoms with E-state index in [-0.39, 0.29) is 0 Å². The molecule has 0 aromatic heterocycles. The molecule has 2 saturated heterocycles. The number of aliphatic hydroxyl groups is 1. The van der Waals surface area contributed by atoms with Gasteiger partial charge in [0.2, 0.25) is 0 Å². The number of aliphatic hydroxyl groups excluding tert-OH is 1. The first-order chi connectivity index (χ1) is 4.90. The monoisotopic (exact) mass is 141 g/mol. The van der Waals surface area contributed by atoms with Gasteiger partial charge in [-0.3, -0.25) is 0 Å². The van der Waals surface area contributed by atoms with Crippen LogP contribution in [0, 0.1) is 5.92 Å². The van der Waals surface area contributed by atoms with Crippen molar-refractivity contribution in [2.45, 2.75) is 37.8 Å². The van der Waals surface area contributed by atoms with E-state index >= 15 is 0 Å². The van der Waals surface area contributed by atoms with Crippen molar-refractivity contribution in [2.24, 2.45) is 5.92 Å². The van der Waals surface area contributed by atoms with Crippen LogP contribution in [0.3, 0.4) is 0 Å². The summed E-state index contributed by atoms with van der Waals surface area (Å²) in [4.78, 5) is 0. The van der Waals surface area contributed by atoms with Crippen molar-refractivity contribution in [1.29, 1.82) is 0 Å². The Kier molecular flexibility index (Phi) is 1.66. The van der Waals surface area contributed by atoms with Crippen molar-refractivity contribution in [3.8, 4) is 0 Å². The number of hydrogen-bond acceptors (Lipinski definition) is 2. The van der Waals surface area contributed by atoms with Crippen LogP contribution in [0.4, 0.5) is 0 Å². The number of fused-ring (bicyclic) bond motifs is 2. The van der Waals surface area contributed by atoms with E-state index in [1.807, 2.05) is 0 Å². The summed E-state index contributed by atoms with van der Waals surface area (Å²) < 4.78 is 0. The maximum atomic E-state index is 8.97. The number of piperidine rings is 1. The predicted octanol–water partition coefficient (Wildman–Crippen LogP) is 0.509. The molecule has 0 amide bonds. The summed E-state index contributed by atoms with van der Waals surface area (Å²) >= 11 is 0. The van der Waals surface area contributed by atoms with Gasteiger partial charge >= 0.3 is 0 Å². The lowest BCUT2D eigenvalue weighted by Crippen LogP contribution is -2.35. The maximum absolute atomic E-state index is 8.97. The second-order valence-corrected chi connectivity index (χ2v) is 3.58. The van der Waals surface area contributed by atoms with Crippen molar-refractivity contribution < 1.29 is 5.11 Å². The highest BCUT2D eigenvalue weighted by molar-refractivity contribution is 4.93. The van der Waals surface area contributed by atoms with Gasteiger partial charge in [-0.05, 0) is 25.2 Å². The molecule has 0 aromatic rings. The van der Waals surface area contributed by atoms with Crippen LogP contribution in [0.15, 0.2) is 0 Å². The minimum absolute atomic E-state index is 0.383. The average Bonchev–Trinajstić information content (AvgIpc) is 2.26. The smallest absolute Gasteiger partial charge is 0.0474 e. The van der Waals surface area contributed by atoms with Gasteiger partial charge in [0.05, 0.1) is 0 Å². The van der Waals surface area contributed by atoms with Crippen molar-refractivity contribution in [1.82, 2.24) is 5.32 Å². The Labute approximate surface area is 61.6 Å². The Morgan fingerprint density at radius 1 is 1.40 bits per heavy atom. The van der Waals surface area contributed by atoms with Crippen LogP contribution < -0.4 is 5.32 Å². The zero-order chi connectivity index (χ0) is 6.97. The summed E-state index contributed by atoms with van der Waals surface area (Å²) in [6.45, 7) is 0.383. The Balaban J connectivity index is 2.01. The van der Waals surface area contributed by atoms with Crippen molar-refractivity contribution in [3.63, 3.8) is 0 Å². The van der Waals surface area contributed by atoms with Crippen molar-refractivity contribution in [2.75, 3.05) is 6.61 Å². The largest absolute Gasteiger partial charge is 0.396 e. The standard InChI is InChI=1S/C8H15NO/c10-5-6-4-7-2-1-3-8(6)9-7/h6-10H,1-5H2/t6-,7+,8-/m0/s1. The van der Waals surface area contributed by atoms with Gasteiger partial charge in [0.15, 0.2) is 0 Å². The first kappa shape index (κ1) is 6.62. The number of nitrogens with one attached hydrogen (secondary N) is 1. The molecule has 10 heavy (non-hydrogen) atoms. The lowest BCUT2D eigenvalue weighted by molar-refractivity contribution is 0.211. The van der Waals surface area contributed by atoms with Gasteiger partial charge < -0.3 is 10.4 Å². The highest BCUT2D eigenvalue weighted by Crippen LogP contribution is 2.30. The Morgan fingerprint density at radius 3 is 3.00 bits per heavy atom. The van der Waals surface area contributed by atoms with Crippen molar-refractivity contribution >= 4 is 0 Å². The van der Waals surface area contributed by atoms with Gasteiger partial charge in [-0.2, -0.15) is 0 Å². The molecule has 2 aliphatic heterocycles. The van der Waals surface area contributed by atoms with Gasteiger partial charge in [0.1, 0.15) is 0 Å². The predicted molar refractivity (Wildman–Crippen MR) is 39.8 cm³/mol. The quantitative estimate of drug-likeness (QED) is 0.557. The minimum Gasteiger partial charge on any atom is -0.396 e. The normalized spacial score (nSPS) is 45.9. The fraction of sp³-hybridized carbons (Fsp3) is 1.00. The lowest BCUT2D eigenvalue weighted by atomic mass is 10.00. The molecule has 2 heteroatoms. The third-order valence-corrected chi connectivity index (χ3v) is 2.91. The molecule has 0 spiro atoms. The fourth-order valence-corrected chi connectivity index (χ4v) is 2.34. The average molecular weight is 141 g/mol. The van der Waals surface area contributed by atoms with Crippen LogP contribution in [0.5, 0.6) is 0 Å². The van der Waals surface area contributed by atoms with E-state index in [0.29, 0.717) is 18.6 Å². The Hall–Kier alpha value is -0.0800. The molecular weight excluding hydrogens is 126 g/mol. The number of hydrogen-bond donors (Lipinski definition) is 2. The third kappa shape index (κ3) is 0.956. The van der Waals surface area contributed by atoms with Gasteiger partial charge in [0, 0.05) is 18.7 Å². The molecule has 2 N–H and O–H groups in total. The topological polar surface area (TPSA) is 32.3 Å². The van der Waals surface area contributed by atoms with E-state index in [4.69, 9.17) is 5.11 Å². The maximum Gasteiger partial charge on any atom is 0.0474 e. The van der Waals surface area contributed by atoms with E-state index < -0.39 is 0 Å². The van der Waals surface area contributed by atoms with Crippen molar-refractivity contribution in [3.05, 3.63) is 0 Å². The van der Waals surface area contributed by atoms with E-state index in [0.717, 1.165) is 6.04 Å². The first-order valence-electron chi connectivity index (χ1n) is 4.27. The Bertz CT molecular complexity index is 126. The molecule has 2 bridgehead atoms. The van der Waals surface area contributed by atoms with Gasteiger partial charge in [-0.25, -0.2) is 0 Å². The molecule has 2 heterocycles. The van der Waals surface area contributed by atoms with Gasteiger partial charge in [0.25, 0.3) is 0 Å². The highest BCUT2D eigenvalue weighted by atomic mass is 16.3. The molecule has 58 valence electrons. The van der Waals surface area contributed by atoms with Crippen LogP contribution in [0.1, 0.15) is 25.7 Å². The van der Waals surface area contributed by atoms with E-state index in [1.165, 1.54) is 25.7 Å². The first-order valence-corrected chi connectivity index (χ1v) is 4.27. The van der Waals surface area contributed by atoms with Crippen LogP contribution in [-0.4, -0.2) is 23.8 Å².